The van der Waals surface area contributed by atoms with Crippen LogP contribution >= 0.6 is 0 Å². The van der Waals surface area contributed by atoms with E-state index in [9.17, 15) is 4.79 Å². The van der Waals surface area contributed by atoms with Gasteiger partial charge in [0.05, 0.1) is 17.3 Å². The summed E-state index contributed by atoms with van der Waals surface area (Å²) in [5, 5.41) is 12.4. The first-order chi connectivity index (χ1) is 8.74. The summed E-state index contributed by atoms with van der Waals surface area (Å²) >= 11 is 0. The molecule has 2 N–H and O–H groups in total. The molecule has 3 heterocycles. The van der Waals surface area contributed by atoms with Crippen molar-refractivity contribution in [3.8, 4) is 0 Å². The predicted octanol–water partition coefficient (Wildman–Crippen LogP) is 1.33. The number of fused-ring (bicyclic) bond motifs is 1. The Hall–Kier alpha value is -1.88. The van der Waals surface area contributed by atoms with Gasteiger partial charge in [-0.15, -0.1) is 0 Å². The van der Waals surface area contributed by atoms with Gasteiger partial charge < -0.3 is 14.8 Å². The second-order valence-corrected chi connectivity index (χ2v) is 4.69. The third-order valence-electron chi connectivity index (χ3n) is 3.45. The average molecular weight is 245 g/mol. The van der Waals surface area contributed by atoms with Crippen molar-refractivity contribution in [1.29, 1.82) is 0 Å². The van der Waals surface area contributed by atoms with Crippen molar-refractivity contribution in [2.75, 3.05) is 6.54 Å². The molecule has 3 rings (SSSR count). The van der Waals surface area contributed by atoms with E-state index < -0.39 is 5.97 Å². The highest BCUT2D eigenvalue weighted by atomic mass is 16.4. The fourth-order valence-electron chi connectivity index (χ4n) is 2.49. The SMILES string of the molecule is O=C(O)c1ccn2c(CC3CCCN3)ncc2c1. The van der Waals surface area contributed by atoms with Crippen LogP contribution in [0.1, 0.15) is 29.0 Å². The smallest absolute Gasteiger partial charge is 0.335 e. The number of imidazole rings is 1. The number of aromatic carboxylic acids is 1. The molecule has 2 aromatic heterocycles. The summed E-state index contributed by atoms with van der Waals surface area (Å²) in [5.41, 5.74) is 1.14. The van der Waals surface area contributed by atoms with E-state index in [1.165, 1.54) is 12.8 Å². The summed E-state index contributed by atoms with van der Waals surface area (Å²) < 4.78 is 1.96. The van der Waals surface area contributed by atoms with Gasteiger partial charge in [-0.25, -0.2) is 9.78 Å². The highest BCUT2D eigenvalue weighted by Crippen LogP contribution is 2.14. The van der Waals surface area contributed by atoms with Crippen molar-refractivity contribution in [2.45, 2.75) is 25.3 Å². The molecule has 5 heteroatoms. The Morgan fingerprint density at radius 1 is 1.61 bits per heavy atom. The molecular formula is C13H15N3O2. The van der Waals surface area contributed by atoms with Crippen molar-refractivity contribution in [1.82, 2.24) is 14.7 Å². The number of nitrogens with zero attached hydrogens (tertiary/aromatic N) is 2. The molecule has 0 spiro atoms. The molecule has 1 atom stereocenters. The van der Waals surface area contributed by atoms with E-state index in [0.29, 0.717) is 11.6 Å². The number of hydrogen-bond donors (Lipinski definition) is 2. The van der Waals surface area contributed by atoms with Gasteiger partial charge in [-0.2, -0.15) is 0 Å². The van der Waals surface area contributed by atoms with Crippen LogP contribution in [-0.2, 0) is 6.42 Å². The minimum absolute atomic E-state index is 0.299. The van der Waals surface area contributed by atoms with Crippen LogP contribution in [0, 0.1) is 0 Å². The molecule has 5 nitrogen and oxygen atoms in total. The molecule has 2 aromatic rings. The summed E-state index contributed by atoms with van der Waals surface area (Å²) in [5.74, 6) is 0.0825. The van der Waals surface area contributed by atoms with Crippen LogP contribution in [0.15, 0.2) is 24.5 Å². The van der Waals surface area contributed by atoms with E-state index in [1.807, 2.05) is 4.40 Å². The Balaban J connectivity index is 1.91. The number of carboxylic acids is 1. The average Bonchev–Trinajstić information content (AvgIpc) is 2.99. The molecule has 1 unspecified atom stereocenters. The molecule has 1 saturated heterocycles. The van der Waals surface area contributed by atoms with E-state index in [2.05, 4.69) is 10.3 Å². The minimum atomic E-state index is -0.905. The zero-order valence-corrected chi connectivity index (χ0v) is 9.97. The number of carbonyl (C=O) groups is 1. The maximum Gasteiger partial charge on any atom is 0.335 e. The number of nitrogens with one attached hydrogen (secondary N) is 1. The van der Waals surface area contributed by atoms with E-state index in [4.69, 9.17) is 5.11 Å². The van der Waals surface area contributed by atoms with E-state index in [1.54, 1.807) is 24.5 Å². The van der Waals surface area contributed by atoms with Crippen LogP contribution in [0.2, 0.25) is 0 Å². The van der Waals surface area contributed by atoms with E-state index >= 15 is 0 Å². The first kappa shape index (κ1) is 11.2. The molecule has 0 amide bonds. The van der Waals surface area contributed by atoms with E-state index in [0.717, 1.165) is 24.3 Å². The molecule has 18 heavy (non-hydrogen) atoms. The number of hydrogen-bond acceptors (Lipinski definition) is 3. The molecule has 0 saturated carbocycles. The van der Waals surface area contributed by atoms with Gasteiger partial charge in [-0.05, 0) is 31.5 Å². The second-order valence-electron chi connectivity index (χ2n) is 4.69. The van der Waals surface area contributed by atoms with Gasteiger partial charge in [0.2, 0.25) is 0 Å². The summed E-state index contributed by atoms with van der Waals surface area (Å²) in [6.07, 6.45) is 6.81. The lowest BCUT2D eigenvalue weighted by Gasteiger charge is -2.09. The summed E-state index contributed by atoms with van der Waals surface area (Å²) in [7, 11) is 0. The summed E-state index contributed by atoms with van der Waals surface area (Å²) in [6, 6.07) is 3.76. The van der Waals surface area contributed by atoms with Gasteiger partial charge in [0.25, 0.3) is 0 Å². The Morgan fingerprint density at radius 2 is 2.50 bits per heavy atom. The fraction of sp³-hybridized carbons (Fsp3) is 0.385. The van der Waals surface area contributed by atoms with Crippen molar-refractivity contribution in [3.63, 3.8) is 0 Å². The standard InChI is InChI=1S/C13H15N3O2/c17-13(18)9-3-5-16-11(6-9)8-15-12(16)7-10-2-1-4-14-10/h3,5-6,8,10,14H,1-2,4,7H2,(H,17,18). The van der Waals surface area contributed by atoms with Gasteiger partial charge in [0.15, 0.2) is 0 Å². The van der Waals surface area contributed by atoms with Gasteiger partial charge >= 0.3 is 5.97 Å². The molecule has 1 aliphatic heterocycles. The molecule has 1 fully saturated rings. The first-order valence-corrected chi connectivity index (χ1v) is 6.17. The number of rotatable bonds is 3. The zero-order valence-electron chi connectivity index (χ0n) is 9.97. The quantitative estimate of drug-likeness (QED) is 0.856. The lowest BCUT2D eigenvalue weighted by atomic mass is 10.1. The highest BCUT2D eigenvalue weighted by Gasteiger charge is 2.17. The largest absolute Gasteiger partial charge is 0.478 e. The number of carboxylic acid groups (broad SMARTS) is 1. The van der Waals surface area contributed by atoms with E-state index in [-0.39, 0.29) is 0 Å². The minimum Gasteiger partial charge on any atom is -0.478 e. The molecule has 0 aliphatic carbocycles. The zero-order chi connectivity index (χ0) is 12.5. The number of pyridine rings is 1. The number of aromatic nitrogens is 2. The third-order valence-corrected chi connectivity index (χ3v) is 3.45. The maximum absolute atomic E-state index is 10.9. The maximum atomic E-state index is 10.9. The fourth-order valence-corrected chi connectivity index (χ4v) is 2.49. The Bertz CT molecular complexity index is 585. The van der Waals surface area contributed by atoms with Crippen LogP contribution < -0.4 is 5.32 Å². The second kappa shape index (κ2) is 4.42. The lowest BCUT2D eigenvalue weighted by molar-refractivity contribution is 0.0697. The van der Waals surface area contributed by atoms with Crippen molar-refractivity contribution in [3.05, 3.63) is 35.9 Å². The van der Waals surface area contributed by atoms with Gasteiger partial charge in [-0.3, -0.25) is 0 Å². The van der Waals surface area contributed by atoms with Crippen LogP contribution in [0.5, 0.6) is 0 Å². The van der Waals surface area contributed by atoms with Crippen LogP contribution in [0.25, 0.3) is 5.52 Å². The summed E-state index contributed by atoms with van der Waals surface area (Å²) in [4.78, 5) is 15.3. The van der Waals surface area contributed by atoms with Crippen molar-refractivity contribution in [2.24, 2.45) is 0 Å². The molecule has 1 aliphatic rings. The third kappa shape index (κ3) is 1.97. The van der Waals surface area contributed by atoms with Gasteiger partial charge in [0.1, 0.15) is 5.82 Å². The summed E-state index contributed by atoms with van der Waals surface area (Å²) in [6.45, 7) is 1.08. The molecular weight excluding hydrogens is 230 g/mol. The first-order valence-electron chi connectivity index (χ1n) is 6.17. The Kier molecular flexibility index (Phi) is 2.76. The van der Waals surface area contributed by atoms with Crippen molar-refractivity contribution < 1.29 is 9.90 Å². The van der Waals surface area contributed by atoms with Crippen LogP contribution in [-0.4, -0.2) is 33.0 Å². The topological polar surface area (TPSA) is 66.6 Å². The molecule has 0 bridgehead atoms. The highest BCUT2D eigenvalue weighted by molar-refractivity contribution is 5.88. The lowest BCUT2D eigenvalue weighted by Crippen LogP contribution is -2.24. The predicted molar refractivity (Wildman–Crippen MR) is 66.9 cm³/mol. The van der Waals surface area contributed by atoms with Crippen molar-refractivity contribution >= 4 is 11.5 Å². The molecule has 0 radical (unpaired) electrons. The normalized spacial score (nSPS) is 19.4. The van der Waals surface area contributed by atoms with Crippen LogP contribution in [0.3, 0.4) is 0 Å². The molecule has 0 aromatic carbocycles. The molecule has 94 valence electrons. The van der Waals surface area contributed by atoms with Gasteiger partial charge in [0, 0.05) is 18.7 Å². The Labute approximate surface area is 104 Å². The van der Waals surface area contributed by atoms with Crippen LogP contribution in [0.4, 0.5) is 0 Å². The Morgan fingerprint density at radius 3 is 3.22 bits per heavy atom. The van der Waals surface area contributed by atoms with Gasteiger partial charge in [-0.1, -0.05) is 0 Å². The monoisotopic (exact) mass is 245 g/mol.